The van der Waals surface area contributed by atoms with E-state index in [0.29, 0.717) is 13.0 Å². The lowest BCUT2D eigenvalue weighted by molar-refractivity contribution is -0.143. The average molecular weight is 235 g/mol. The standard InChI is InChI=1S/C14H21NO2/c1-4-7-13(14(16)17)15(3)10-12-9-6-5-8-11(12)2/h5-6,8-9,13H,4,7,10H2,1-3H3,(H,16,17). The van der Waals surface area contributed by atoms with E-state index in [9.17, 15) is 9.90 Å². The number of carboxylic acids is 1. The molecule has 1 rings (SSSR count). The second-order valence-electron chi connectivity index (χ2n) is 4.48. The predicted octanol–water partition coefficient (Wildman–Crippen LogP) is 2.68. The van der Waals surface area contributed by atoms with Crippen molar-refractivity contribution in [1.82, 2.24) is 4.90 Å². The van der Waals surface area contributed by atoms with Gasteiger partial charge in [0.25, 0.3) is 0 Å². The van der Waals surface area contributed by atoms with Gasteiger partial charge in [-0.1, -0.05) is 37.6 Å². The summed E-state index contributed by atoms with van der Waals surface area (Å²) >= 11 is 0. The van der Waals surface area contributed by atoms with Crippen molar-refractivity contribution >= 4 is 5.97 Å². The summed E-state index contributed by atoms with van der Waals surface area (Å²) < 4.78 is 0. The van der Waals surface area contributed by atoms with Crippen molar-refractivity contribution in [2.24, 2.45) is 0 Å². The minimum Gasteiger partial charge on any atom is -0.480 e. The van der Waals surface area contributed by atoms with E-state index >= 15 is 0 Å². The Hall–Kier alpha value is -1.35. The molecule has 0 heterocycles. The summed E-state index contributed by atoms with van der Waals surface area (Å²) in [6.07, 6.45) is 1.58. The monoisotopic (exact) mass is 235 g/mol. The zero-order valence-electron chi connectivity index (χ0n) is 10.8. The van der Waals surface area contributed by atoms with Crippen molar-refractivity contribution < 1.29 is 9.90 Å². The van der Waals surface area contributed by atoms with Crippen LogP contribution in [0.4, 0.5) is 0 Å². The van der Waals surface area contributed by atoms with E-state index in [1.54, 1.807) is 0 Å². The van der Waals surface area contributed by atoms with E-state index < -0.39 is 5.97 Å². The van der Waals surface area contributed by atoms with Gasteiger partial charge in [0.15, 0.2) is 0 Å². The maximum absolute atomic E-state index is 11.2. The number of carboxylic acid groups (broad SMARTS) is 1. The smallest absolute Gasteiger partial charge is 0.320 e. The van der Waals surface area contributed by atoms with Crippen LogP contribution >= 0.6 is 0 Å². The van der Waals surface area contributed by atoms with Crippen LogP contribution in [0.15, 0.2) is 24.3 Å². The highest BCUT2D eigenvalue weighted by Crippen LogP contribution is 2.13. The Morgan fingerprint density at radius 3 is 2.59 bits per heavy atom. The third-order valence-corrected chi connectivity index (χ3v) is 3.06. The number of benzene rings is 1. The molecule has 0 radical (unpaired) electrons. The summed E-state index contributed by atoms with van der Waals surface area (Å²) in [6.45, 7) is 4.75. The van der Waals surface area contributed by atoms with Crippen LogP contribution in [0.3, 0.4) is 0 Å². The number of aliphatic carboxylic acids is 1. The molecule has 1 N–H and O–H groups in total. The Labute approximate surface area is 103 Å². The number of hydrogen-bond acceptors (Lipinski definition) is 2. The molecule has 17 heavy (non-hydrogen) atoms. The Bertz CT molecular complexity index is 376. The van der Waals surface area contributed by atoms with Crippen molar-refractivity contribution in [1.29, 1.82) is 0 Å². The highest BCUT2D eigenvalue weighted by molar-refractivity contribution is 5.73. The van der Waals surface area contributed by atoms with Crippen molar-refractivity contribution in [2.75, 3.05) is 7.05 Å². The average Bonchev–Trinajstić information content (AvgIpc) is 2.28. The molecule has 0 aromatic heterocycles. The molecule has 0 aliphatic heterocycles. The van der Waals surface area contributed by atoms with Gasteiger partial charge in [-0.05, 0) is 31.5 Å². The topological polar surface area (TPSA) is 40.5 Å². The molecule has 3 nitrogen and oxygen atoms in total. The van der Waals surface area contributed by atoms with Crippen LogP contribution in [0.5, 0.6) is 0 Å². The lowest BCUT2D eigenvalue weighted by atomic mass is 10.1. The molecule has 1 aromatic rings. The molecule has 0 bridgehead atoms. The molecule has 1 atom stereocenters. The summed E-state index contributed by atoms with van der Waals surface area (Å²) in [4.78, 5) is 13.1. The lowest BCUT2D eigenvalue weighted by Crippen LogP contribution is -2.38. The zero-order chi connectivity index (χ0) is 12.8. The number of rotatable bonds is 6. The number of aryl methyl sites for hydroxylation is 1. The second-order valence-corrected chi connectivity index (χ2v) is 4.48. The summed E-state index contributed by atoms with van der Waals surface area (Å²) in [6, 6.07) is 7.71. The highest BCUT2D eigenvalue weighted by Gasteiger charge is 2.21. The molecule has 0 spiro atoms. The molecule has 0 fully saturated rings. The highest BCUT2D eigenvalue weighted by atomic mass is 16.4. The van der Waals surface area contributed by atoms with Crippen molar-refractivity contribution in [3.63, 3.8) is 0 Å². The van der Waals surface area contributed by atoms with Gasteiger partial charge in [-0.15, -0.1) is 0 Å². The Morgan fingerprint density at radius 1 is 1.41 bits per heavy atom. The number of nitrogens with zero attached hydrogens (tertiary/aromatic N) is 1. The van der Waals surface area contributed by atoms with Gasteiger partial charge in [0.05, 0.1) is 0 Å². The predicted molar refractivity (Wildman–Crippen MR) is 69.0 cm³/mol. The molecule has 1 unspecified atom stereocenters. The van der Waals surface area contributed by atoms with Crippen LogP contribution in [0.25, 0.3) is 0 Å². The van der Waals surface area contributed by atoms with Crippen molar-refractivity contribution in [2.45, 2.75) is 39.3 Å². The molecule has 1 aromatic carbocycles. The molecule has 3 heteroatoms. The first-order valence-electron chi connectivity index (χ1n) is 6.03. The molecule has 0 amide bonds. The van der Waals surface area contributed by atoms with Gasteiger partial charge in [-0.3, -0.25) is 9.69 Å². The number of carbonyl (C=O) groups is 1. The van der Waals surface area contributed by atoms with Crippen molar-refractivity contribution in [3.05, 3.63) is 35.4 Å². The van der Waals surface area contributed by atoms with E-state index in [2.05, 4.69) is 19.1 Å². The summed E-state index contributed by atoms with van der Waals surface area (Å²) in [5, 5.41) is 9.18. The van der Waals surface area contributed by atoms with E-state index in [4.69, 9.17) is 0 Å². The molecule has 0 aliphatic rings. The molecule has 0 saturated carbocycles. The van der Waals surface area contributed by atoms with Gasteiger partial charge in [0.1, 0.15) is 6.04 Å². The Morgan fingerprint density at radius 2 is 2.06 bits per heavy atom. The first-order chi connectivity index (χ1) is 8.06. The fraction of sp³-hybridized carbons (Fsp3) is 0.500. The fourth-order valence-electron chi connectivity index (χ4n) is 1.97. The minimum absolute atomic E-state index is 0.389. The van der Waals surface area contributed by atoms with Gasteiger partial charge < -0.3 is 5.11 Å². The van der Waals surface area contributed by atoms with E-state index in [1.807, 2.05) is 31.0 Å². The van der Waals surface area contributed by atoms with Gasteiger partial charge in [0, 0.05) is 6.54 Å². The summed E-state index contributed by atoms with van der Waals surface area (Å²) in [7, 11) is 1.88. The largest absolute Gasteiger partial charge is 0.480 e. The maximum Gasteiger partial charge on any atom is 0.320 e. The number of likely N-dealkylation sites (N-methyl/N-ethyl adjacent to an activating group) is 1. The first kappa shape index (κ1) is 13.7. The van der Waals surface area contributed by atoms with Crippen LogP contribution in [0, 0.1) is 6.92 Å². The fourth-order valence-corrected chi connectivity index (χ4v) is 1.97. The third kappa shape index (κ3) is 3.86. The molecule has 94 valence electrons. The maximum atomic E-state index is 11.2. The van der Waals surface area contributed by atoms with Gasteiger partial charge >= 0.3 is 5.97 Å². The summed E-state index contributed by atoms with van der Waals surface area (Å²) in [5.74, 6) is -0.733. The first-order valence-corrected chi connectivity index (χ1v) is 6.03. The second kappa shape index (κ2) is 6.40. The van der Waals surface area contributed by atoms with Gasteiger partial charge in [-0.2, -0.15) is 0 Å². The molecule has 0 saturated heterocycles. The Kier molecular flexibility index (Phi) is 5.16. The number of hydrogen-bond donors (Lipinski definition) is 1. The third-order valence-electron chi connectivity index (χ3n) is 3.06. The van der Waals surface area contributed by atoms with E-state index in [0.717, 1.165) is 6.42 Å². The van der Waals surface area contributed by atoms with Gasteiger partial charge in [0.2, 0.25) is 0 Å². The van der Waals surface area contributed by atoms with Crippen LogP contribution in [0.2, 0.25) is 0 Å². The van der Waals surface area contributed by atoms with Crippen molar-refractivity contribution in [3.8, 4) is 0 Å². The van der Waals surface area contributed by atoms with Crippen LogP contribution in [0.1, 0.15) is 30.9 Å². The van der Waals surface area contributed by atoms with Crippen LogP contribution in [-0.4, -0.2) is 29.1 Å². The summed E-state index contributed by atoms with van der Waals surface area (Å²) in [5.41, 5.74) is 2.40. The van der Waals surface area contributed by atoms with E-state index in [1.165, 1.54) is 11.1 Å². The Balaban J connectivity index is 2.73. The molecule has 0 aliphatic carbocycles. The van der Waals surface area contributed by atoms with E-state index in [-0.39, 0.29) is 6.04 Å². The van der Waals surface area contributed by atoms with Crippen LogP contribution in [-0.2, 0) is 11.3 Å². The van der Waals surface area contributed by atoms with Gasteiger partial charge in [-0.25, -0.2) is 0 Å². The molecular formula is C14H21NO2. The van der Waals surface area contributed by atoms with Crippen LogP contribution < -0.4 is 0 Å². The quantitative estimate of drug-likeness (QED) is 0.824. The minimum atomic E-state index is -0.733. The lowest BCUT2D eigenvalue weighted by Gasteiger charge is -2.24. The zero-order valence-corrected chi connectivity index (χ0v) is 10.8. The normalized spacial score (nSPS) is 12.7. The molecular weight excluding hydrogens is 214 g/mol. The SMILES string of the molecule is CCCC(C(=O)O)N(C)Cc1ccccc1C.